The van der Waals surface area contributed by atoms with Gasteiger partial charge in [0, 0.05) is 18.0 Å². The van der Waals surface area contributed by atoms with Crippen LogP contribution >= 0.6 is 0 Å². The zero-order valence-electron chi connectivity index (χ0n) is 8.31. The van der Waals surface area contributed by atoms with Gasteiger partial charge < -0.3 is 11.1 Å². The molecule has 0 spiro atoms. The summed E-state index contributed by atoms with van der Waals surface area (Å²) in [6, 6.07) is 8.92. The molecular weight excluding hydrogens is 212 g/mol. The molecule has 0 saturated heterocycles. The number of nitrogens with two attached hydrogens (primary N) is 1. The molecule has 15 heavy (non-hydrogen) atoms. The van der Waals surface area contributed by atoms with Crippen molar-refractivity contribution in [1.29, 1.82) is 0 Å². The minimum atomic E-state index is -1.27. The minimum absolute atomic E-state index is 0.00991. The lowest BCUT2D eigenvalue weighted by Crippen LogP contribution is -2.32. The van der Waals surface area contributed by atoms with Gasteiger partial charge in [-0.1, -0.05) is 18.2 Å². The second kappa shape index (κ2) is 6.31. The van der Waals surface area contributed by atoms with Crippen LogP contribution in [0.15, 0.2) is 35.2 Å². The molecule has 1 aromatic rings. The van der Waals surface area contributed by atoms with E-state index in [1.807, 2.05) is 6.07 Å². The highest BCUT2D eigenvalue weighted by atomic mass is 32.2. The van der Waals surface area contributed by atoms with Crippen molar-refractivity contribution in [1.82, 2.24) is 5.32 Å². The second-order valence-corrected chi connectivity index (χ2v) is 4.39. The van der Waals surface area contributed by atoms with E-state index in [0.717, 1.165) is 0 Å². The number of amides is 1. The van der Waals surface area contributed by atoms with Crippen molar-refractivity contribution >= 4 is 16.7 Å². The van der Waals surface area contributed by atoms with Crippen LogP contribution in [0, 0.1) is 0 Å². The first kappa shape index (κ1) is 11.9. The van der Waals surface area contributed by atoms with E-state index >= 15 is 0 Å². The summed E-state index contributed by atoms with van der Waals surface area (Å²) in [4.78, 5) is 11.9. The molecule has 5 heteroatoms. The Kier molecular flexibility index (Phi) is 5.00. The number of nitrogens with one attached hydrogen (secondary N) is 1. The van der Waals surface area contributed by atoms with Crippen LogP contribution in [-0.4, -0.2) is 29.0 Å². The predicted octanol–water partition coefficient (Wildman–Crippen LogP) is -0.131. The fraction of sp³-hybridized carbons (Fsp3) is 0.300. The number of hydrogen-bond acceptors (Lipinski definition) is 3. The Morgan fingerprint density at radius 1 is 1.33 bits per heavy atom. The first-order valence-electron chi connectivity index (χ1n) is 4.64. The van der Waals surface area contributed by atoms with Gasteiger partial charge in [0.15, 0.2) is 0 Å². The molecule has 1 rings (SSSR count). The van der Waals surface area contributed by atoms with Gasteiger partial charge in [0.1, 0.15) is 5.75 Å². The predicted molar refractivity (Wildman–Crippen MR) is 59.8 cm³/mol. The molecule has 0 radical (unpaired) electrons. The summed E-state index contributed by atoms with van der Waals surface area (Å²) in [5, 5.41) is 2.58. The summed E-state index contributed by atoms with van der Waals surface area (Å²) in [5.74, 6) is -0.244. The Labute approximate surface area is 91.3 Å². The first-order chi connectivity index (χ1) is 7.24. The molecule has 0 heterocycles. The summed E-state index contributed by atoms with van der Waals surface area (Å²) in [6.07, 6.45) is 0. The van der Waals surface area contributed by atoms with E-state index in [0.29, 0.717) is 18.0 Å². The van der Waals surface area contributed by atoms with Crippen molar-refractivity contribution in [2.75, 3.05) is 18.8 Å². The molecule has 0 aliphatic rings. The molecule has 1 aromatic carbocycles. The lowest BCUT2D eigenvalue weighted by Gasteiger charge is -2.03. The van der Waals surface area contributed by atoms with Gasteiger partial charge in [-0.2, -0.15) is 0 Å². The van der Waals surface area contributed by atoms with E-state index in [4.69, 9.17) is 5.73 Å². The molecule has 82 valence electrons. The Balaban J connectivity index is 2.46. The Bertz CT molecular complexity index is 341. The van der Waals surface area contributed by atoms with Crippen LogP contribution in [0.2, 0.25) is 0 Å². The minimum Gasteiger partial charge on any atom is -0.354 e. The van der Waals surface area contributed by atoms with Crippen LogP contribution in [0.4, 0.5) is 0 Å². The van der Waals surface area contributed by atoms with E-state index in [9.17, 15) is 9.00 Å². The molecule has 1 unspecified atom stereocenters. The number of rotatable bonds is 5. The maximum atomic E-state index is 11.6. The smallest absolute Gasteiger partial charge is 0.233 e. The highest BCUT2D eigenvalue weighted by Gasteiger charge is 2.08. The quantitative estimate of drug-likeness (QED) is 0.734. The summed E-state index contributed by atoms with van der Waals surface area (Å²) >= 11 is 0. The highest BCUT2D eigenvalue weighted by molar-refractivity contribution is 7.85. The van der Waals surface area contributed by atoms with Crippen LogP contribution < -0.4 is 11.1 Å². The van der Waals surface area contributed by atoms with Gasteiger partial charge in [-0.3, -0.25) is 9.00 Å². The van der Waals surface area contributed by atoms with Crippen LogP contribution in [0.5, 0.6) is 0 Å². The number of hydrogen-bond donors (Lipinski definition) is 2. The lowest BCUT2D eigenvalue weighted by atomic mass is 10.4. The summed E-state index contributed by atoms with van der Waals surface area (Å²) in [6.45, 7) is 0.814. The maximum absolute atomic E-state index is 11.6. The average Bonchev–Trinajstić information content (AvgIpc) is 2.27. The van der Waals surface area contributed by atoms with Crippen molar-refractivity contribution in [2.45, 2.75) is 4.90 Å². The molecule has 0 bridgehead atoms. The fourth-order valence-corrected chi connectivity index (χ4v) is 2.00. The third kappa shape index (κ3) is 4.22. The van der Waals surface area contributed by atoms with Gasteiger partial charge in [0.25, 0.3) is 0 Å². The molecular formula is C10H14N2O2S. The van der Waals surface area contributed by atoms with Gasteiger partial charge in [-0.05, 0) is 12.1 Å². The number of carbonyl (C=O) groups excluding carboxylic acids is 1. The van der Waals surface area contributed by atoms with E-state index < -0.39 is 10.8 Å². The zero-order chi connectivity index (χ0) is 11.1. The molecule has 3 N–H and O–H groups in total. The summed E-state index contributed by atoms with van der Waals surface area (Å²) in [7, 11) is -1.27. The molecule has 0 aliphatic heterocycles. The SMILES string of the molecule is NCCNC(=O)CS(=O)c1ccccc1. The average molecular weight is 226 g/mol. The van der Waals surface area contributed by atoms with Crippen LogP contribution in [-0.2, 0) is 15.6 Å². The lowest BCUT2D eigenvalue weighted by molar-refractivity contribution is -0.118. The number of carbonyl (C=O) groups is 1. The summed E-state index contributed by atoms with van der Waals surface area (Å²) in [5.41, 5.74) is 5.23. The van der Waals surface area contributed by atoms with Crippen molar-refractivity contribution in [3.63, 3.8) is 0 Å². The summed E-state index contributed by atoms with van der Waals surface area (Å²) < 4.78 is 11.6. The largest absolute Gasteiger partial charge is 0.354 e. The first-order valence-corrected chi connectivity index (χ1v) is 5.96. The molecule has 0 fully saturated rings. The van der Waals surface area contributed by atoms with Gasteiger partial charge in [0.2, 0.25) is 5.91 Å². The molecule has 4 nitrogen and oxygen atoms in total. The maximum Gasteiger partial charge on any atom is 0.233 e. The van der Waals surface area contributed by atoms with Gasteiger partial charge in [-0.25, -0.2) is 0 Å². The van der Waals surface area contributed by atoms with Gasteiger partial charge >= 0.3 is 0 Å². The normalized spacial score (nSPS) is 12.1. The third-order valence-electron chi connectivity index (χ3n) is 1.73. The van der Waals surface area contributed by atoms with Crippen molar-refractivity contribution in [3.05, 3.63) is 30.3 Å². The Hall–Kier alpha value is -1.20. The Morgan fingerprint density at radius 2 is 2.00 bits per heavy atom. The van der Waals surface area contributed by atoms with E-state index in [1.54, 1.807) is 24.3 Å². The van der Waals surface area contributed by atoms with Gasteiger partial charge in [0.05, 0.1) is 10.8 Å². The van der Waals surface area contributed by atoms with Crippen molar-refractivity contribution < 1.29 is 9.00 Å². The van der Waals surface area contributed by atoms with Crippen LogP contribution in [0.1, 0.15) is 0 Å². The second-order valence-electron chi connectivity index (χ2n) is 2.94. The van der Waals surface area contributed by atoms with Crippen molar-refractivity contribution in [3.8, 4) is 0 Å². The van der Waals surface area contributed by atoms with E-state index in [-0.39, 0.29) is 11.7 Å². The van der Waals surface area contributed by atoms with Crippen LogP contribution in [0.25, 0.3) is 0 Å². The fourth-order valence-electron chi connectivity index (χ4n) is 1.04. The topological polar surface area (TPSA) is 72.2 Å². The molecule has 0 aromatic heterocycles. The molecule has 1 amide bonds. The van der Waals surface area contributed by atoms with Gasteiger partial charge in [-0.15, -0.1) is 0 Å². The molecule has 0 saturated carbocycles. The molecule has 0 aliphatic carbocycles. The van der Waals surface area contributed by atoms with E-state index in [2.05, 4.69) is 5.32 Å². The third-order valence-corrected chi connectivity index (χ3v) is 3.06. The monoisotopic (exact) mass is 226 g/mol. The Morgan fingerprint density at radius 3 is 2.60 bits per heavy atom. The standard InChI is InChI=1S/C10H14N2O2S/c11-6-7-12-10(13)8-15(14)9-4-2-1-3-5-9/h1-5H,6-8,11H2,(H,12,13). The zero-order valence-corrected chi connectivity index (χ0v) is 9.13. The van der Waals surface area contributed by atoms with E-state index in [1.165, 1.54) is 0 Å². The molecule has 1 atom stereocenters. The van der Waals surface area contributed by atoms with Crippen LogP contribution in [0.3, 0.4) is 0 Å². The highest BCUT2D eigenvalue weighted by Crippen LogP contribution is 2.04. The van der Waals surface area contributed by atoms with Crippen molar-refractivity contribution in [2.24, 2.45) is 5.73 Å². The number of benzene rings is 1.